The summed E-state index contributed by atoms with van der Waals surface area (Å²) in [5, 5.41) is 11.0. The van der Waals surface area contributed by atoms with Crippen LogP contribution >= 0.6 is 0 Å². The van der Waals surface area contributed by atoms with Crippen LogP contribution in [0.1, 0.15) is 38.3 Å². The molecule has 1 aromatic rings. The summed E-state index contributed by atoms with van der Waals surface area (Å²) in [6.45, 7) is 2.99. The van der Waals surface area contributed by atoms with Crippen molar-refractivity contribution < 1.29 is 4.79 Å². The van der Waals surface area contributed by atoms with Crippen molar-refractivity contribution in [2.75, 3.05) is 6.54 Å². The molecule has 1 aliphatic carbocycles. The van der Waals surface area contributed by atoms with Crippen LogP contribution in [0.4, 0.5) is 0 Å². The average Bonchev–Trinajstić information content (AvgIpc) is 2.80. The molecule has 0 saturated heterocycles. The maximum absolute atomic E-state index is 12.0. The number of amides is 1. The van der Waals surface area contributed by atoms with Crippen LogP contribution in [0.15, 0.2) is 6.20 Å². The number of rotatable bonds is 5. The van der Waals surface area contributed by atoms with Crippen LogP contribution in [0.5, 0.6) is 0 Å². The fourth-order valence-electron chi connectivity index (χ4n) is 2.61. The number of carbonyl (C=O) groups is 1. The van der Waals surface area contributed by atoms with E-state index in [0.717, 1.165) is 12.1 Å². The van der Waals surface area contributed by atoms with Gasteiger partial charge >= 0.3 is 0 Å². The van der Waals surface area contributed by atoms with E-state index in [-0.39, 0.29) is 12.5 Å². The first kappa shape index (κ1) is 14.0. The second-order valence-corrected chi connectivity index (χ2v) is 5.38. The molecule has 1 aliphatic rings. The van der Waals surface area contributed by atoms with Crippen molar-refractivity contribution in [1.29, 1.82) is 0 Å². The van der Waals surface area contributed by atoms with Gasteiger partial charge in [-0.15, -0.1) is 5.10 Å². The monoisotopic (exact) mass is 265 g/mol. The first-order chi connectivity index (χ1) is 9.19. The van der Waals surface area contributed by atoms with E-state index in [0.29, 0.717) is 24.9 Å². The quantitative estimate of drug-likeness (QED) is 0.810. The number of carbonyl (C=O) groups excluding carboxylic acids is 1. The van der Waals surface area contributed by atoms with Gasteiger partial charge in [0.05, 0.1) is 5.69 Å². The number of nitrogens with two attached hydrogens (primary N) is 1. The second kappa shape index (κ2) is 6.65. The molecule has 2 rings (SSSR count). The zero-order chi connectivity index (χ0) is 13.7. The second-order valence-electron chi connectivity index (χ2n) is 5.38. The van der Waals surface area contributed by atoms with Gasteiger partial charge in [0.2, 0.25) is 5.91 Å². The summed E-state index contributed by atoms with van der Waals surface area (Å²) < 4.78 is 1.58. The van der Waals surface area contributed by atoms with Gasteiger partial charge in [-0.1, -0.05) is 25.0 Å². The lowest BCUT2D eigenvalue weighted by Crippen LogP contribution is -2.42. The highest BCUT2D eigenvalue weighted by Crippen LogP contribution is 2.23. The Balaban J connectivity index is 1.82. The SMILES string of the molecule is CC1CCCCC1NC(=O)Cn1cc(CCN)nn1. The van der Waals surface area contributed by atoms with Gasteiger partial charge in [0.25, 0.3) is 0 Å². The van der Waals surface area contributed by atoms with Crippen molar-refractivity contribution in [1.82, 2.24) is 20.3 Å². The highest BCUT2D eigenvalue weighted by Gasteiger charge is 2.22. The number of hydrogen-bond donors (Lipinski definition) is 2. The Kier molecular flexibility index (Phi) is 4.90. The number of nitrogens with one attached hydrogen (secondary N) is 1. The van der Waals surface area contributed by atoms with Gasteiger partial charge in [0.1, 0.15) is 6.54 Å². The summed E-state index contributed by atoms with van der Waals surface area (Å²) in [5.74, 6) is 0.587. The molecule has 1 fully saturated rings. The molecule has 6 heteroatoms. The highest BCUT2D eigenvalue weighted by molar-refractivity contribution is 5.75. The number of nitrogens with zero attached hydrogens (tertiary/aromatic N) is 3. The van der Waals surface area contributed by atoms with Crippen molar-refractivity contribution in [3.63, 3.8) is 0 Å². The van der Waals surface area contributed by atoms with Gasteiger partial charge in [0.15, 0.2) is 0 Å². The third kappa shape index (κ3) is 4.02. The zero-order valence-electron chi connectivity index (χ0n) is 11.5. The minimum Gasteiger partial charge on any atom is -0.351 e. The first-order valence-corrected chi connectivity index (χ1v) is 7.07. The smallest absolute Gasteiger partial charge is 0.242 e. The van der Waals surface area contributed by atoms with Gasteiger partial charge in [-0.05, 0) is 25.3 Å². The molecule has 2 unspecified atom stereocenters. The predicted molar refractivity (Wildman–Crippen MR) is 72.3 cm³/mol. The fourth-order valence-corrected chi connectivity index (χ4v) is 2.61. The summed E-state index contributed by atoms with van der Waals surface area (Å²) in [4.78, 5) is 12.0. The molecule has 1 aromatic heterocycles. The summed E-state index contributed by atoms with van der Waals surface area (Å²) in [5.41, 5.74) is 6.29. The van der Waals surface area contributed by atoms with Crippen LogP contribution in [-0.2, 0) is 17.8 Å². The lowest BCUT2D eigenvalue weighted by Gasteiger charge is -2.29. The molecule has 0 aromatic carbocycles. The van der Waals surface area contributed by atoms with Crippen molar-refractivity contribution in [2.24, 2.45) is 11.7 Å². The minimum absolute atomic E-state index is 0.0166. The van der Waals surface area contributed by atoms with E-state index < -0.39 is 0 Å². The van der Waals surface area contributed by atoms with E-state index in [1.165, 1.54) is 19.3 Å². The topological polar surface area (TPSA) is 85.8 Å². The fraction of sp³-hybridized carbons (Fsp3) is 0.769. The third-order valence-corrected chi connectivity index (χ3v) is 3.75. The first-order valence-electron chi connectivity index (χ1n) is 7.07. The molecule has 106 valence electrons. The Hall–Kier alpha value is -1.43. The Bertz CT molecular complexity index is 417. The molecule has 6 nitrogen and oxygen atoms in total. The van der Waals surface area contributed by atoms with Gasteiger partial charge in [-0.25, -0.2) is 4.68 Å². The van der Waals surface area contributed by atoms with Gasteiger partial charge in [-0.3, -0.25) is 4.79 Å². The average molecular weight is 265 g/mol. The zero-order valence-corrected chi connectivity index (χ0v) is 11.5. The Labute approximate surface area is 113 Å². The van der Waals surface area contributed by atoms with Crippen molar-refractivity contribution >= 4 is 5.91 Å². The molecule has 0 radical (unpaired) electrons. The summed E-state index contributed by atoms with van der Waals surface area (Å²) in [7, 11) is 0. The van der Waals surface area contributed by atoms with Crippen LogP contribution in [0.2, 0.25) is 0 Å². The van der Waals surface area contributed by atoms with E-state index in [9.17, 15) is 4.79 Å². The molecule has 0 aliphatic heterocycles. The van der Waals surface area contributed by atoms with Crippen LogP contribution in [0.3, 0.4) is 0 Å². The summed E-state index contributed by atoms with van der Waals surface area (Å²) >= 11 is 0. The van der Waals surface area contributed by atoms with Crippen molar-refractivity contribution in [2.45, 2.75) is 51.6 Å². The molecule has 19 heavy (non-hydrogen) atoms. The minimum atomic E-state index is 0.0166. The lowest BCUT2D eigenvalue weighted by molar-refractivity contribution is -0.123. The normalized spacial score (nSPS) is 23.3. The van der Waals surface area contributed by atoms with Crippen LogP contribution in [-0.4, -0.2) is 33.5 Å². The lowest BCUT2D eigenvalue weighted by atomic mass is 9.86. The molecule has 1 saturated carbocycles. The molecule has 3 N–H and O–H groups in total. The summed E-state index contributed by atoms with van der Waals surface area (Å²) in [6, 6.07) is 0.313. The number of hydrogen-bond acceptors (Lipinski definition) is 4. The standard InChI is InChI=1S/C13H23N5O/c1-10-4-2-3-5-12(10)15-13(19)9-18-8-11(6-7-14)16-17-18/h8,10,12H,2-7,9,14H2,1H3,(H,15,19). The Morgan fingerprint density at radius 1 is 1.53 bits per heavy atom. The maximum Gasteiger partial charge on any atom is 0.242 e. The molecular weight excluding hydrogens is 242 g/mol. The molecule has 2 atom stereocenters. The van der Waals surface area contributed by atoms with E-state index in [2.05, 4.69) is 22.6 Å². The highest BCUT2D eigenvalue weighted by atomic mass is 16.2. The molecule has 1 amide bonds. The molecular formula is C13H23N5O. The van der Waals surface area contributed by atoms with Crippen molar-refractivity contribution in [3.05, 3.63) is 11.9 Å². The van der Waals surface area contributed by atoms with E-state index in [1.54, 1.807) is 10.9 Å². The third-order valence-electron chi connectivity index (χ3n) is 3.75. The van der Waals surface area contributed by atoms with E-state index in [1.807, 2.05) is 0 Å². The van der Waals surface area contributed by atoms with Crippen LogP contribution in [0.25, 0.3) is 0 Å². The predicted octanol–water partition coefficient (Wildman–Crippen LogP) is 0.474. The van der Waals surface area contributed by atoms with Gasteiger partial charge < -0.3 is 11.1 Å². The Morgan fingerprint density at radius 3 is 3.05 bits per heavy atom. The van der Waals surface area contributed by atoms with Gasteiger partial charge in [0, 0.05) is 18.7 Å². The largest absolute Gasteiger partial charge is 0.351 e. The van der Waals surface area contributed by atoms with E-state index >= 15 is 0 Å². The molecule has 1 heterocycles. The van der Waals surface area contributed by atoms with Crippen molar-refractivity contribution in [3.8, 4) is 0 Å². The maximum atomic E-state index is 12.0. The van der Waals surface area contributed by atoms with Crippen LogP contribution in [0, 0.1) is 5.92 Å². The summed E-state index contributed by atoms with van der Waals surface area (Å²) in [6.07, 6.45) is 7.26. The van der Waals surface area contributed by atoms with Crippen LogP contribution < -0.4 is 11.1 Å². The van der Waals surface area contributed by atoms with E-state index in [4.69, 9.17) is 5.73 Å². The molecule has 0 bridgehead atoms. The number of aromatic nitrogens is 3. The Morgan fingerprint density at radius 2 is 2.32 bits per heavy atom. The molecule has 0 spiro atoms. The van der Waals surface area contributed by atoms with Gasteiger partial charge in [-0.2, -0.15) is 0 Å².